The van der Waals surface area contributed by atoms with Crippen molar-refractivity contribution in [2.75, 3.05) is 25.1 Å². The molecule has 28 heavy (non-hydrogen) atoms. The number of rotatable bonds is 6. The van der Waals surface area contributed by atoms with Gasteiger partial charge in [0.1, 0.15) is 0 Å². The molecule has 1 atom stereocenters. The van der Waals surface area contributed by atoms with E-state index in [1.165, 1.54) is 4.90 Å². The predicted octanol–water partition coefficient (Wildman–Crippen LogP) is 2.89. The molecule has 2 aromatic carbocycles. The van der Waals surface area contributed by atoms with Crippen molar-refractivity contribution in [1.82, 2.24) is 4.90 Å². The first-order valence-corrected chi connectivity index (χ1v) is 9.33. The summed E-state index contributed by atoms with van der Waals surface area (Å²) < 4.78 is 5.17. The van der Waals surface area contributed by atoms with E-state index in [1.54, 1.807) is 30.1 Å². The first-order chi connectivity index (χ1) is 13.5. The van der Waals surface area contributed by atoms with Crippen molar-refractivity contribution in [3.63, 3.8) is 0 Å². The number of esters is 1. The number of anilines is 1. The fourth-order valence-electron chi connectivity index (χ4n) is 3.06. The minimum absolute atomic E-state index is 0.0754. The van der Waals surface area contributed by atoms with E-state index in [4.69, 9.17) is 16.3 Å². The third-order valence-corrected chi connectivity index (χ3v) is 5.09. The molecule has 0 radical (unpaired) electrons. The number of halogens is 1. The molecule has 1 heterocycles. The highest BCUT2D eigenvalue weighted by atomic mass is 35.5. The summed E-state index contributed by atoms with van der Waals surface area (Å²) in [7, 11) is 1.62. The van der Waals surface area contributed by atoms with Gasteiger partial charge in [0.15, 0.2) is 6.61 Å². The van der Waals surface area contributed by atoms with E-state index in [1.807, 2.05) is 36.4 Å². The van der Waals surface area contributed by atoms with Crippen molar-refractivity contribution in [1.29, 1.82) is 0 Å². The molecule has 0 aromatic heterocycles. The summed E-state index contributed by atoms with van der Waals surface area (Å²) in [6.45, 7) is 0.239. The second kappa shape index (κ2) is 8.89. The Labute approximate surface area is 168 Å². The molecule has 6 nitrogen and oxygen atoms in total. The van der Waals surface area contributed by atoms with Crippen molar-refractivity contribution >= 4 is 35.1 Å². The molecule has 1 fully saturated rings. The van der Waals surface area contributed by atoms with Gasteiger partial charge in [-0.05, 0) is 23.8 Å². The number of hydrogen-bond acceptors (Lipinski definition) is 4. The number of carbonyl (C=O) groups excluding carboxylic acids is 3. The third kappa shape index (κ3) is 4.70. The van der Waals surface area contributed by atoms with Gasteiger partial charge in [-0.25, -0.2) is 0 Å². The number of hydrogen-bond donors (Lipinski definition) is 0. The van der Waals surface area contributed by atoms with Gasteiger partial charge in [-0.1, -0.05) is 48.0 Å². The third-order valence-electron chi connectivity index (χ3n) is 4.72. The zero-order valence-corrected chi connectivity index (χ0v) is 16.3. The van der Waals surface area contributed by atoms with Crippen LogP contribution in [0, 0.1) is 5.92 Å². The summed E-state index contributed by atoms with van der Waals surface area (Å²) in [5.74, 6) is -1.58. The van der Waals surface area contributed by atoms with Crippen LogP contribution in [0.5, 0.6) is 0 Å². The Hall–Kier alpha value is -2.86. The number of carbonyl (C=O) groups is 3. The first-order valence-electron chi connectivity index (χ1n) is 8.95. The number of nitrogens with zero attached hydrogens (tertiary/aromatic N) is 2. The van der Waals surface area contributed by atoms with Crippen LogP contribution >= 0.6 is 11.6 Å². The molecule has 0 unspecified atom stereocenters. The maximum absolute atomic E-state index is 12.3. The highest BCUT2D eigenvalue weighted by molar-refractivity contribution is 6.31. The van der Waals surface area contributed by atoms with Crippen molar-refractivity contribution in [3.05, 3.63) is 65.2 Å². The summed E-state index contributed by atoms with van der Waals surface area (Å²) in [4.78, 5) is 39.8. The van der Waals surface area contributed by atoms with Crippen molar-refractivity contribution < 1.29 is 19.1 Å². The minimum atomic E-state index is -0.579. The molecule has 1 aliphatic heterocycles. The molecule has 1 aliphatic rings. The van der Waals surface area contributed by atoms with Crippen molar-refractivity contribution in [3.8, 4) is 0 Å². The molecule has 2 amide bonds. The zero-order chi connectivity index (χ0) is 20.1. The summed E-state index contributed by atoms with van der Waals surface area (Å²) >= 11 is 6.14. The van der Waals surface area contributed by atoms with Crippen LogP contribution in [0.1, 0.15) is 12.0 Å². The van der Waals surface area contributed by atoms with Crippen LogP contribution in [0.4, 0.5) is 5.69 Å². The largest absolute Gasteiger partial charge is 0.455 e. The van der Waals surface area contributed by atoms with E-state index < -0.39 is 11.9 Å². The lowest BCUT2D eigenvalue weighted by atomic mass is 10.1. The van der Waals surface area contributed by atoms with E-state index in [9.17, 15) is 14.4 Å². The van der Waals surface area contributed by atoms with Crippen molar-refractivity contribution in [2.24, 2.45) is 5.92 Å². The number of ether oxygens (including phenoxy) is 1. The molecule has 0 spiro atoms. The van der Waals surface area contributed by atoms with Crippen LogP contribution < -0.4 is 4.90 Å². The molecule has 1 saturated heterocycles. The second-order valence-electron chi connectivity index (χ2n) is 6.66. The summed E-state index contributed by atoms with van der Waals surface area (Å²) in [5, 5.41) is 0.580. The molecule has 7 heteroatoms. The van der Waals surface area contributed by atoms with E-state index in [-0.39, 0.29) is 31.4 Å². The lowest BCUT2D eigenvalue weighted by molar-refractivity contribution is -0.151. The molecule has 3 rings (SSSR count). The summed E-state index contributed by atoms with van der Waals surface area (Å²) in [5.41, 5.74) is 1.54. The zero-order valence-electron chi connectivity index (χ0n) is 15.5. The summed E-state index contributed by atoms with van der Waals surface area (Å²) in [6, 6.07) is 16.4. The van der Waals surface area contributed by atoms with Gasteiger partial charge in [-0.3, -0.25) is 14.4 Å². The highest BCUT2D eigenvalue weighted by Crippen LogP contribution is 2.24. The average Bonchev–Trinajstić information content (AvgIpc) is 3.08. The normalized spacial score (nSPS) is 16.1. The van der Waals surface area contributed by atoms with Gasteiger partial charge < -0.3 is 14.5 Å². The molecule has 0 aliphatic carbocycles. The standard InChI is InChI=1S/C21H21ClN2O4/c1-23(17-8-3-2-4-9-17)20(26)14-28-21(27)16-11-19(25)24(13-16)12-15-7-5-6-10-18(15)22/h2-10,16H,11-14H2,1H3/t16-/m0/s1. The highest BCUT2D eigenvalue weighted by Gasteiger charge is 2.35. The van der Waals surface area contributed by atoms with Crippen LogP contribution in [0.25, 0.3) is 0 Å². The maximum Gasteiger partial charge on any atom is 0.311 e. The van der Waals surface area contributed by atoms with Crippen LogP contribution in [-0.4, -0.2) is 42.9 Å². The molecule has 0 saturated carbocycles. The molecular weight excluding hydrogens is 380 g/mol. The molecular formula is C21H21ClN2O4. The Kier molecular flexibility index (Phi) is 6.31. The Bertz CT molecular complexity index is 872. The fourth-order valence-corrected chi connectivity index (χ4v) is 3.25. The maximum atomic E-state index is 12.3. The van der Waals surface area contributed by atoms with Crippen LogP contribution in [0.2, 0.25) is 5.02 Å². The minimum Gasteiger partial charge on any atom is -0.455 e. The van der Waals surface area contributed by atoms with Gasteiger partial charge in [0.25, 0.3) is 5.91 Å². The number of likely N-dealkylation sites (tertiary alicyclic amines) is 1. The molecule has 0 N–H and O–H groups in total. The van der Waals surface area contributed by atoms with Crippen LogP contribution in [0.3, 0.4) is 0 Å². The Morgan fingerprint density at radius 2 is 1.82 bits per heavy atom. The van der Waals surface area contributed by atoms with Gasteiger partial charge in [-0.2, -0.15) is 0 Å². The molecule has 2 aromatic rings. The van der Waals surface area contributed by atoms with E-state index in [2.05, 4.69) is 0 Å². The van der Waals surface area contributed by atoms with Gasteiger partial charge in [-0.15, -0.1) is 0 Å². The number of amides is 2. The Morgan fingerprint density at radius 3 is 2.54 bits per heavy atom. The lowest BCUT2D eigenvalue weighted by Crippen LogP contribution is -2.32. The average molecular weight is 401 g/mol. The number of benzene rings is 2. The smallest absolute Gasteiger partial charge is 0.311 e. The Morgan fingerprint density at radius 1 is 1.14 bits per heavy atom. The van der Waals surface area contributed by atoms with Gasteiger partial charge in [0.05, 0.1) is 5.92 Å². The first kappa shape index (κ1) is 19.9. The second-order valence-corrected chi connectivity index (χ2v) is 7.07. The Balaban J connectivity index is 1.52. The number of likely N-dealkylation sites (N-methyl/N-ethyl adjacent to an activating group) is 1. The van der Waals surface area contributed by atoms with E-state index >= 15 is 0 Å². The van der Waals surface area contributed by atoms with Gasteiger partial charge in [0, 0.05) is 37.3 Å². The molecule has 0 bridgehead atoms. The van der Waals surface area contributed by atoms with Gasteiger partial charge >= 0.3 is 5.97 Å². The SMILES string of the molecule is CN(C(=O)COC(=O)[C@H]1CC(=O)N(Cc2ccccc2Cl)C1)c1ccccc1. The summed E-state index contributed by atoms with van der Waals surface area (Å²) in [6.07, 6.45) is 0.0754. The lowest BCUT2D eigenvalue weighted by Gasteiger charge is -2.18. The van der Waals surface area contributed by atoms with Crippen molar-refractivity contribution in [2.45, 2.75) is 13.0 Å². The van der Waals surface area contributed by atoms with E-state index in [0.717, 1.165) is 5.56 Å². The van der Waals surface area contributed by atoms with Gasteiger partial charge in [0.2, 0.25) is 5.91 Å². The quantitative estimate of drug-likeness (QED) is 0.699. The van der Waals surface area contributed by atoms with E-state index in [0.29, 0.717) is 17.3 Å². The van der Waals surface area contributed by atoms with Crippen LogP contribution in [-0.2, 0) is 25.7 Å². The monoisotopic (exact) mass is 400 g/mol. The predicted molar refractivity (Wildman–Crippen MR) is 106 cm³/mol. The fraction of sp³-hybridized carbons (Fsp3) is 0.286. The molecule has 146 valence electrons. The van der Waals surface area contributed by atoms with Crippen LogP contribution in [0.15, 0.2) is 54.6 Å². The topological polar surface area (TPSA) is 66.9 Å². The number of para-hydroxylation sites is 1.